The van der Waals surface area contributed by atoms with E-state index in [1.54, 1.807) is 14.0 Å². The number of carbonyl (C=O) groups excluding carboxylic acids is 1. The Kier molecular flexibility index (Phi) is 4.77. The highest BCUT2D eigenvalue weighted by atomic mass is 16.3. The Morgan fingerprint density at radius 2 is 2.08 bits per heavy atom. The Morgan fingerprint density at radius 1 is 1.54 bits per heavy atom. The third-order valence-corrected chi connectivity index (χ3v) is 1.70. The summed E-state index contributed by atoms with van der Waals surface area (Å²) in [6, 6.07) is -0.260. The van der Waals surface area contributed by atoms with Crippen LogP contribution in [0.5, 0.6) is 0 Å². The molecule has 0 aliphatic rings. The number of urea groups is 1. The first kappa shape index (κ1) is 12.2. The van der Waals surface area contributed by atoms with Gasteiger partial charge in [-0.05, 0) is 19.3 Å². The maximum Gasteiger partial charge on any atom is 0.314 e. The number of rotatable bonds is 4. The highest BCUT2D eigenvalue weighted by molar-refractivity contribution is 5.73. The van der Waals surface area contributed by atoms with Crippen molar-refractivity contribution in [2.45, 2.75) is 32.8 Å². The van der Waals surface area contributed by atoms with Crippen LogP contribution in [0.4, 0.5) is 4.79 Å². The van der Waals surface area contributed by atoms with Crippen LogP contribution in [-0.4, -0.2) is 30.3 Å². The molecule has 0 heterocycles. The van der Waals surface area contributed by atoms with Crippen molar-refractivity contribution < 1.29 is 9.90 Å². The lowest BCUT2D eigenvalue weighted by Gasteiger charge is -2.25. The minimum atomic E-state index is -0.819. The molecule has 0 saturated heterocycles. The topological polar surface area (TPSA) is 61.4 Å². The zero-order valence-corrected chi connectivity index (χ0v) is 8.85. The fourth-order valence-corrected chi connectivity index (χ4v) is 1.31. The van der Waals surface area contributed by atoms with Gasteiger partial charge in [0.05, 0.1) is 5.60 Å². The number of hydrogen-bond acceptors (Lipinski definition) is 2. The Hall–Kier alpha value is -0.770. The molecular formula is C9H20N2O2. The molecule has 1 unspecified atom stereocenters. The summed E-state index contributed by atoms with van der Waals surface area (Å²) in [4.78, 5) is 10.8. The quantitative estimate of drug-likeness (QED) is 0.608. The SMILES string of the molecule is CNC(=O)NCC(C)(O)CC(C)C. The van der Waals surface area contributed by atoms with E-state index < -0.39 is 5.60 Å². The Balaban J connectivity index is 3.81. The molecule has 2 amide bonds. The molecule has 78 valence electrons. The molecule has 0 aromatic rings. The summed E-state index contributed by atoms with van der Waals surface area (Å²) in [7, 11) is 1.55. The second-order valence-electron chi connectivity index (χ2n) is 4.03. The number of aliphatic hydroxyl groups is 1. The highest BCUT2D eigenvalue weighted by Gasteiger charge is 2.21. The normalized spacial score (nSPS) is 15.2. The predicted octanol–water partition coefficient (Wildman–Crippen LogP) is 0.712. The van der Waals surface area contributed by atoms with Crippen LogP contribution in [-0.2, 0) is 0 Å². The molecule has 0 aromatic carbocycles. The lowest BCUT2D eigenvalue weighted by molar-refractivity contribution is 0.0409. The van der Waals surface area contributed by atoms with Crippen molar-refractivity contribution in [1.29, 1.82) is 0 Å². The molecule has 0 aliphatic heterocycles. The first-order valence-electron chi connectivity index (χ1n) is 4.55. The molecule has 0 saturated carbocycles. The van der Waals surface area contributed by atoms with E-state index in [0.29, 0.717) is 12.3 Å². The summed E-state index contributed by atoms with van der Waals surface area (Å²) in [5, 5.41) is 14.8. The van der Waals surface area contributed by atoms with E-state index in [2.05, 4.69) is 10.6 Å². The van der Waals surface area contributed by atoms with E-state index in [4.69, 9.17) is 0 Å². The van der Waals surface area contributed by atoms with Gasteiger partial charge in [0.15, 0.2) is 0 Å². The van der Waals surface area contributed by atoms with Crippen molar-refractivity contribution in [3.63, 3.8) is 0 Å². The van der Waals surface area contributed by atoms with Crippen LogP contribution < -0.4 is 10.6 Å². The van der Waals surface area contributed by atoms with Crippen LogP contribution in [0.2, 0.25) is 0 Å². The molecule has 0 spiro atoms. The third-order valence-electron chi connectivity index (χ3n) is 1.70. The van der Waals surface area contributed by atoms with Gasteiger partial charge < -0.3 is 15.7 Å². The van der Waals surface area contributed by atoms with Gasteiger partial charge >= 0.3 is 6.03 Å². The molecule has 0 rings (SSSR count). The van der Waals surface area contributed by atoms with Crippen LogP contribution in [0.1, 0.15) is 27.2 Å². The van der Waals surface area contributed by atoms with Crippen LogP contribution in [0.25, 0.3) is 0 Å². The van der Waals surface area contributed by atoms with Gasteiger partial charge in [0, 0.05) is 13.6 Å². The molecule has 3 N–H and O–H groups in total. The van der Waals surface area contributed by atoms with Gasteiger partial charge in [0.2, 0.25) is 0 Å². The first-order valence-corrected chi connectivity index (χ1v) is 4.55. The van der Waals surface area contributed by atoms with Gasteiger partial charge in [0.25, 0.3) is 0 Å². The van der Waals surface area contributed by atoms with Gasteiger partial charge in [-0.3, -0.25) is 0 Å². The van der Waals surface area contributed by atoms with E-state index in [1.807, 2.05) is 13.8 Å². The van der Waals surface area contributed by atoms with E-state index in [-0.39, 0.29) is 12.6 Å². The largest absolute Gasteiger partial charge is 0.388 e. The minimum Gasteiger partial charge on any atom is -0.388 e. The number of amides is 2. The molecular weight excluding hydrogens is 168 g/mol. The van der Waals surface area contributed by atoms with Gasteiger partial charge in [-0.1, -0.05) is 13.8 Å². The maximum atomic E-state index is 10.8. The fourth-order valence-electron chi connectivity index (χ4n) is 1.31. The summed E-state index contributed by atoms with van der Waals surface area (Å²) < 4.78 is 0. The van der Waals surface area contributed by atoms with Crippen molar-refractivity contribution in [3.05, 3.63) is 0 Å². The molecule has 1 atom stereocenters. The molecule has 0 aromatic heterocycles. The number of nitrogens with one attached hydrogen (secondary N) is 2. The van der Waals surface area contributed by atoms with E-state index >= 15 is 0 Å². The number of hydrogen-bond donors (Lipinski definition) is 3. The second kappa shape index (κ2) is 5.07. The summed E-state index contributed by atoms with van der Waals surface area (Å²) >= 11 is 0. The van der Waals surface area contributed by atoms with E-state index in [0.717, 1.165) is 0 Å². The van der Waals surface area contributed by atoms with Gasteiger partial charge in [0.1, 0.15) is 0 Å². The lowest BCUT2D eigenvalue weighted by Crippen LogP contribution is -2.44. The van der Waals surface area contributed by atoms with Crippen LogP contribution in [0, 0.1) is 5.92 Å². The van der Waals surface area contributed by atoms with Gasteiger partial charge in [-0.2, -0.15) is 0 Å². The Bertz CT molecular complexity index is 167. The molecule has 13 heavy (non-hydrogen) atoms. The second-order valence-corrected chi connectivity index (χ2v) is 4.03. The Morgan fingerprint density at radius 3 is 2.46 bits per heavy atom. The summed E-state index contributed by atoms with van der Waals surface area (Å²) in [6.07, 6.45) is 0.678. The zero-order valence-electron chi connectivity index (χ0n) is 8.85. The van der Waals surface area contributed by atoms with Crippen molar-refractivity contribution in [2.24, 2.45) is 5.92 Å². The van der Waals surface area contributed by atoms with E-state index in [9.17, 15) is 9.90 Å². The summed E-state index contributed by atoms with van der Waals surface area (Å²) in [5.74, 6) is 0.418. The minimum absolute atomic E-state index is 0.260. The summed E-state index contributed by atoms with van der Waals surface area (Å²) in [6.45, 7) is 6.08. The molecule has 4 nitrogen and oxygen atoms in total. The molecule has 0 radical (unpaired) electrons. The lowest BCUT2D eigenvalue weighted by atomic mass is 9.94. The fraction of sp³-hybridized carbons (Fsp3) is 0.889. The van der Waals surface area contributed by atoms with Crippen LogP contribution in [0.3, 0.4) is 0 Å². The maximum absolute atomic E-state index is 10.8. The average Bonchev–Trinajstić information content (AvgIpc) is 1.98. The average molecular weight is 188 g/mol. The third kappa shape index (κ3) is 6.40. The number of carbonyl (C=O) groups is 1. The molecule has 0 bridgehead atoms. The standard InChI is InChI=1S/C9H20N2O2/c1-7(2)5-9(3,13)6-11-8(12)10-4/h7,13H,5-6H2,1-4H3,(H2,10,11,12). The monoisotopic (exact) mass is 188 g/mol. The van der Waals surface area contributed by atoms with Crippen molar-refractivity contribution in [3.8, 4) is 0 Å². The van der Waals surface area contributed by atoms with Crippen molar-refractivity contribution >= 4 is 6.03 Å². The van der Waals surface area contributed by atoms with E-state index in [1.165, 1.54) is 0 Å². The predicted molar refractivity (Wildman–Crippen MR) is 52.5 cm³/mol. The van der Waals surface area contributed by atoms with Crippen molar-refractivity contribution in [1.82, 2.24) is 10.6 Å². The summed E-state index contributed by atoms with van der Waals surface area (Å²) in [5.41, 5.74) is -0.819. The highest BCUT2D eigenvalue weighted by Crippen LogP contribution is 2.14. The molecule has 0 aliphatic carbocycles. The first-order chi connectivity index (χ1) is 5.87. The van der Waals surface area contributed by atoms with Crippen LogP contribution in [0.15, 0.2) is 0 Å². The van der Waals surface area contributed by atoms with Gasteiger partial charge in [-0.15, -0.1) is 0 Å². The molecule has 4 heteroatoms. The van der Waals surface area contributed by atoms with Crippen LogP contribution >= 0.6 is 0 Å². The van der Waals surface area contributed by atoms with Gasteiger partial charge in [-0.25, -0.2) is 4.79 Å². The Labute approximate surface area is 79.7 Å². The molecule has 0 fully saturated rings. The smallest absolute Gasteiger partial charge is 0.314 e. The zero-order chi connectivity index (χ0) is 10.5. The van der Waals surface area contributed by atoms with Crippen molar-refractivity contribution in [2.75, 3.05) is 13.6 Å².